The molecule has 0 atom stereocenters. The SMILES string of the molecule is [2H]C([2H])([2H])c1c[c-]c(-c2cc(C([2H])([2H])C(C)C)c([Si](C)(C)C)cn2)cc1.[2H]C([2H])([2H])c1c[c-]c(-c2nc3ccncc3n2C)c2sc3ncccc3c12.[Ir]. The monoisotopic (exact) mass is 826 g/mol. The van der Waals surface area contributed by atoms with Gasteiger partial charge in [-0.25, -0.2) is 4.98 Å². The minimum absolute atomic E-state index is 0. The fraction of sp³-hybridized carbons (Fsp3) is 0.263. The van der Waals surface area contributed by atoms with Crippen molar-refractivity contribution in [2.24, 2.45) is 13.0 Å². The van der Waals surface area contributed by atoms with Gasteiger partial charge >= 0.3 is 0 Å². The van der Waals surface area contributed by atoms with Crippen molar-refractivity contribution in [3.63, 3.8) is 0 Å². The Hall–Kier alpha value is -3.55. The van der Waals surface area contributed by atoms with E-state index in [0.717, 1.165) is 42.5 Å². The number of thiophene rings is 1. The minimum atomic E-state index is -2.23. The molecule has 0 unspecified atom stereocenters. The quantitative estimate of drug-likeness (QED) is 0.129. The predicted octanol–water partition coefficient (Wildman–Crippen LogP) is 9.11. The average Bonchev–Trinajstić information content (AvgIpc) is 3.64. The second-order valence-corrected chi connectivity index (χ2v) is 18.3. The Morgan fingerprint density at radius 1 is 1.02 bits per heavy atom. The summed E-state index contributed by atoms with van der Waals surface area (Å²) in [6.07, 6.45) is 5.53. The van der Waals surface area contributed by atoms with Gasteiger partial charge in [0.15, 0.2) is 0 Å². The van der Waals surface area contributed by atoms with E-state index in [2.05, 4.69) is 46.7 Å². The molecule has 7 aromatic rings. The number of aromatic nitrogens is 5. The van der Waals surface area contributed by atoms with Gasteiger partial charge in [0.1, 0.15) is 4.83 Å². The number of nitrogens with zero attached hydrogens (tertiary/aromatic N) is 5. The van der Waals surface area contributed by atoms with Crippen LogP contribution < -0.4 is 5.19 Å². The fourth-order valence-corrected chi connectivity index (χ4v) is 7.86. The van der Waals surface area contributed by atoms with Crippen LogP contribution in [0.5, 0.6) is 0 Å². The summed E-state index contributed by atoms with van der Waals surface area (Å²) in [5.74, 6) is 0.557. The smallest absolute Gasteiger partial charge is 0.113 e. The van der Waals surface area contributed by atoms with Crippen LogP contribution in [0, 0.1) is 31.8 Å². The molecule has 8 heteroatoms. The zero-order chi connectivity index (χ0) is 38.7. The van der Waals surface area contributed by atoms with E-state index in [9.17, 15) is 0 Å². The zero-order valence-electron chi connectivity index (χ0n) is 34.5. The molecule has 0 N–H and O–H groups in total. The van der Waals surface area contributed by atoms with Gasteiger partial charge in [-0.3, -0.25) is 9.97 Å². The summed E-state index contributed by atoms with van der Waals surface area (Å²) in [7, 11) is 0.148. The molecule has 0 bridgehead atoms. The summed E-state index contributed by atoms with van der Waals surface area (Å²) in [5, 5.41) is 2.57. The first-order chi connectivity index (χ1) is 24.7. The largest absolute Gasteiger partial charge is 0.366 e. The molecule has 46 heavy (non-hydrogen) atoms. The summed E-state index contributed by atoms with van der Waals surface area (Å²) in [5.41, 5.74) is 5.02. The number of imidazole rings is 1. The van der Waals surface area contributed by atoms with Gasteiger partial charge in [0.25, 0.3) is 0 Å². The summed E-state index contributed by atoms with van der Waals surface area (Å²) in [4.78, 5) is 18.7. The van der Waals surface area contributed by atoms with Crippen LogP contribution in [0.3, 0.4) is 0 Å². The number of benzene rings is 2. The molecule has 1 radical (unpaired) electrons. The summed E-state index contributed by atoms with van der Waals surface area (Å²) >= 11 is 1.47. The van der Waals surface area contributed by atoms with E-state index in [1.54, 1.807) is 43.0 Å². The van der Waals surface area contributed by atoms with E-state index in [4.69, 9.17) is 16.0 Å². The Morgan fingerprint density at radius 3 is 2.57 bits per heavy atom. The molecule has 5 heterocycles. The number of rotatable bonds is 5. The average molecular weight is 826 g/mol. The standard InChI is InChI=1S/C19H13N4S.C19H26NSi.Ir/c1-11-5-6-13(17-16(11)12-4-3-8-21-19(12)24-17)18-22-14-7-9-20-10-15(14)23(18)2;1-14(2)11-17-12-18(16-9-7-15(3)8-10-16)20-13-19(17)21(4,5)6;/h3-5,7-10H,1-2H3;7-9,12-14H,11H2,1-6H3;/q2*-1;/i1D3;3D3,11D2;. The third-order valence-corrected chi connectivity index (χ3v) is 10.6. The topological polar surface area (TPSA) is 56.5 Å². The van der Waals surface area contributed by atoms with Gasteiger partial charge in [-0.1, -0.05) is 75.8 Å². The van der Waals surface area contributed by atoms with E-state index in [1.165, 1.54) is 17.4 Å². The van der Waals surface area contributed by atoms with Crippen LogP contribution in [-0.2, 0) is 33.5 Å². The molecule has 0 spiro atoms. The van der Waals surface area contributed by atoms with Crippen molar-refractivity contribution in [2.45, 2.75) is 53.6 Å². The Kier molecular flexibility index (Phi) is 7.31. The maximum atomic E-state index is 8.59. The molecule has 0 aliphatic carbocycles. The molecule has 0 saturated carbocycles. The van der Waals surface area contributed by atoms with Crippen LogP contribution in [0.2, 0.25) is 19.6 Å². The van der Waals surface area contributed by atoms with Crippen LogP contribution in [-0.4, -0.2) is 32.6 Å². The molecule has 0 saturated heterocycles. The van der Waals surface area contributed by atoms with Gasteiger partial charge in [0.2, 0.25) is 0 Å². The molecular formula is C38H39IrN5SSi-2. The third-order valence-electron chi connectivity index (χ3n) is 7.48. The molecule has 7 rings (SSSR count). The summed E-state index contributed by atoms with van der Waals surface area (Å²) in [6, 6.07) is 19.9. The van der Waals surface area contributed by atoms with Crippen LogP contribution >= 0.6 is 11.3 Å². The van der Waals surface area contributed by atoms with Crippen molar-refractivity contribution in [3.8, 4) is 22.6 Å². The van der Waals surface area contributed by atoms with Gasteiger partial charge in [-0.05, 0) is 40.0 Å². The normalized spacial score (nSPS) is 15.0. The van der Waals surface area contributed by atoms with Crippen LogP contribution in [0.4, 0.5) is 0 Å². The maximum absolute atomic E-state index is 8.59. The Balaban J connectivity index is 0.000000204. The first-order valence-corrected chi connectivity index (χ1v) is 19.0. The second kappa shape index (κ2) is 13.7. The molecular weight excluding hydrogens is 779 g/mol. The predicted molar refractivity (Wildman–Crippen MR) is 193 cm³/mol. The van der Waals surface area contributed by atoms with Crippen molar-refractivity contribution >= 4 is 55.9 Å². The number of fused-ring (bicyclic) bond motifs is 4. The van der Waals surface area contributed by atoms with Crippen molar-refractivity contribution in [1.29, 1.82) is 0 Å². The molecule has 0 aliphatic heterocycles. The van der Waals surface area contributed by atoms with E-state index in [0.29, 0.717) is 27.8 Å². The molecule has 237 valence electrons. The zero-order valence-corrected chi connectivity index (χ0v) is 30.7. The Morgan fingerprint density at radius 2 is 1.87 bits per heavy atom. The number of hydrogen-bond acceptors (Lipinski definition) is 5. The molecule has 0 aliphatic rings. The fourth-order valence-electron chi connectivity index (χ4n) is 5.30. The molecule has 5 nitrogen and oxygen atoms in total. The van der Waals surface area contributed by atoms with Crippen molar-refractivity contribution < 1.29 is 31.1 Å². The van der Waals surface area contributed by atoms with Gasteiger partial charge in [-0.2, -0.15) is 11.3 Å². The maximum Gasteiger partial charge on any atom is 0.113 e. The third kappa shape index (κ3) is 6.77. The van der Waals surface area contributed by atoms with E-state index in [-0.39, 0.29) is 31.6 Å². The van der Waals surface area contributed by atoms with Crippen LogP contribution in [0.1, 0.15) is 41.5 Å². The summed E-state index contributed by atoms with van der Waals surface area (Å²) in [6.45, 7) is 5.91. The number of pyridine rings is 3. The minimum Gasteiger partial charge on any atom is -0.366 e. The number of hydrogen-bond donors (Lipinski definition) is 0. The van der Waals surface area contributed by atoms with Gasteiger partial charge in [0, 0.05) is 62.1 Å². The van der Waals surface area contributed by atoms with Gasteiger partial charge < -0.3 is 9.55 Å². The van der Waals surface area contributed by atoms with Crippen molar-refractivity contribution in [3.05, 3.63) is 102 Å². The summed E-state index contributed by atoms with van der Waals surface area (Å²) < 4.78 is 66.2. The molecule has 5 aromatic heterocycles. The first-order valence-electron chi connectivity index (χ1n) is 18.7. The Labute approximate surface area is 301 Å². The van der Waals surface area contributed by atoms with Gasteiger partial charge in [0.05, 0.1) is 31.1 Å². The van der Waals surface area contributed by atoms with Crippen LogP contribution in [0.15, 0.2) is 73.3 Å². The molecule has 0 fully saturated rings. The molecule has 2 aromatic carbocycles. The van der Waals surface area contributed by atoms with E-state index < -0.39 is 28.2 Å². The molecule has 0 amide bonds. The Bertz CT molecular complexity index is 2450. The van der Waals surface area contributed by atoms with E-state index >= 15 is 0 Å². The van der Waals surface area contributed by atoms with Gasteiger partial charge in [-0.15, -0.1) is 53.1 Å². The van der Waals surface area contributed by atoms with E-state index in [1.807, 2.05) is 49.7 Å². The number of aryl methyl sites for hydroxylation is 3. The first kappa shape index (κ1) is 24.6. The van der Waals surface area contributed by atoms with Crippen molar-refractivity contribution in [2.75, 3.05) is 0 Å². The second-order valence-electron chi connectivity index (χ2n) is 12.3. The van der Waals surface area contributed by atoms with Crippen LogP contribution in [0.25, 0.3) is 54.0 Å². The van der Waals surface area contributed by atoms with Crippen molar-refractivity contribution in [1.82, 2.24) is 24.5 Å².